The molecule has 4 nitrogen and oxygen atoms in total. The maximum absolute atomic E-state index is 13.3. The highest BCUT2D eigenvalue weighted by Crippen LogP contribution is 2.36. The van der Waals surface area contributed by atoms with Gasteiger partial charge in [-0.05, 0) is 34.5 Å². The van der Waals surface area contributed by atoms with Gasteiger partial charge >= 0.3 is 0 Å². The molecule has 22 heavy (non-hydrogen) atoms. The summed E-state index contributed by atoms with van der Waals surface area (Å²) in [5.74, 6) is -0.534. The number of thiophene rings is 1. The van der Waals surface area contributed by atoms with Gasteiger partial charge in [-0.25, -0.2) is 12.8 Å². The summed E-state index contributed by atoms with van der Waals surface area (Å²) in [6.45, 7) is 0. The van der Waals surface area contributed by atoms with Crippen molar-refractivity contribution in [2.75, 3.05) is 6.26 Å². The maximum Gasteiger partial charge on any atom is 0.247 e. The standard InChI is InChI=1S/C14H12ClFN2O2S2/c1-22(19,20)18-14(9-2-3-12(16)11(15)6-9)7-13(17-18)10-4-5-21-8-10/h2-6,8,14H,7H2,1H3/t14-/m1/s1. The summed E-state index contributed by atoms with van der Waals surface area (Å²) in [5, 5.41) is 8.03. The number of hydrogen-bond donors (Lipinski definition) is 0. The van der Waals surface area contributed by atoms with Crippen molar-refractivity contribution in [3.05, 3.63) is 57.0 Å². The lowest BCUT2D eigenvalue weighted by Crippen LogP contribution is -2.25. The molecule has 0 N–H and O–H groups in total. The van der Waals surface area contributed by atoms with Gasteiger partial charge in [0.1, 0.15) is 5.82 Å². The van der Waals surface area contributed by atoms with Crippen molar-refractivity contribution in [3.63, 3.8) is 0 Å². The van der Waals surface area contributed by atoms with Gasteiger partial charge < -0.3 is 0 Å². The Balaban J connectivity index is 2.02. The second kappa shape index (κ2) is 5.64. The van der Waals surface area contributed by atoms with Crippen molar-refractivity contribution in [2.45, 2.75) is 12.5 Å². The van der Waals surface area contributed by atoms with E-state index in [0.29, 0.717) is 17.7 Å². The van der Waals surface area contributed by atoms with Crippen LogP contribution in [0.3, 0.4) is 0 Å². The Hall–Kier alpha value is -1.44. The average Bonchev–Trinajstić information content (AvgIpc) is 3.08. The van der Waals surface area contributed by atoms with Crippen LogP contribution in [0, 0.1) is 5.82 Å². The highest BCUT2D eigenvalue weighted by molar-refractivity contribution is 7.88. The van der Waals surface area contributed by atoms with Gasteiger partial charge in [0, 0.05) is 12.0 Å². The Morgan fingerprint density at radius 2 is 2.18 bits per heavy atom. The number of rotatable bonds is 3. The van der Waals surface area contributed by atoms with Crippen LogP contribution in [0.15, 0.2) is 40.1 Å². The van der Waals surface area contributed by atoms with Crippen molar-refractivity contribution < 1.29 is 12.8 Å². The molecule has 3 rings (SSSR count). The topological polar surface area (TPSA) is 49.7 Å². The number of hydrogen-bond acceptors (Lipinski definition) is 4. The molecule has 1 aliphatic heterocycles. The SMILES string of the molecule is CS(=O)(=O)N1N=C(c2ccsc2)C[C@@H]1c1ccc(F)c(Cl)c1. The molecule has 0 radical (unpaired) electrons. The quantitative estimate of drug-likeness (QED) is 0.840. The summed E-state index contributed by atoms with van der Waals surface area (Å²) >= 11 is 7.33. The minimum Gasteiger partial charge on any atom is -0.205 e. The molecule has 0 amide bonds. The third kappa shape index (κ3) is 2.88. The molecule has 2 heterocycles. The molecule has 116 valence electrons. The van der Waals surface area contributed by atoms with Crippen LogP contribution in [0.2, 0.25) is 5.02 Å². The number of benzene rings is 1. The first-order valence-electron chi connectivity index (χ1n) is 6.40. The molecule has 0 saturated carbocycles. The van der Waals surface area contributed by atoms with E-state index < -0.39 is 21.9 Å². The molecule has 0 aliphatic carbocycles. The molecule has 0 bridgehead atoms. The Morgan fingerprint density at radius 1 is 1.41 bits per heavy atom. The first-order chi connectivity index (χ1) is 10.4. The largest absolute Gasteiger partial charge is 0.247 e. The second-order valence-corrected chi connectivity index (χ2v) is 8.02. The first kappa shape index (κ1) is 15.5. The smallest absolute Gasteiger partial charge is 0.205 e. The van der Waals surface area contributed by atoms with Crippen LogP contribution in [-0.4, -0.2) is 24.8 Å². The van der Waals surface area contributed by atoms with E-state index in [-0.39, 0.29) is 5.02 Å². The molecular formula is C14H12ClFN2O2S2. The van der Waals surface area contributed by atoms with E-state index in [1.165, 1.54) is 29.5 Å². The van der Waals surface area contributed by atoms with Crippen LogP contribution in [0.25, 0.3) is 0 Å². The summed E-state index contributed by atoms with van der Waals surface area (Å²) in [4.78, 5) is 0. The Kier molecular flexibility index (Phi) is 3.96. The minimum absolute atomic E-state index is 0.0325. The van der Waals surface area contributed by atoms with Gasteiger partial charge in [-0.2, -0.15) is 20.9 Å². The van der Waals surface area contributed by atoms with E-state index in [1.54, 1.807) is 0 Å². The van der Waals surface area contributed by atoms with Crippen molar-refractivity contribution >= 4 is 38.7 Å². The molecule has 2 aromatic rings. The molecule has 0 spiro atoms. The molecule has 1 aliphatic rings. The van der Waals surface area contributed by atoms with Crippen molar-refractivity contribution in [3.8, 4) is 0 Å². The summed E-state index contributed by atoms with van der Waals surface area (Å²) in [6.07, 6.45) is 1.52. The molecule has 1 aromatic heterocycles. The number of hydrazone groups is 1. The lowest BCUT2D eigenvalue weighted by atomic mass is 10.0. The molecule has 0 fully saturated rings. The van der Waals surface area contributed by atoms with E-state index in [2.05, 4.69) is 5.10 Å². The van der Waals surface area contributed by atoms with E-state index in [4.69, 9.17) is 11.6 Å². The fourth-order valence-electron chi connectivity index (χ4n) is 2.37. The number of nitrogens with zero attached hydrogens (tertiary/aromatic N) is 2. The molecule has 0 saturated heterocycles. The fraction of sp³-hybridized carbons (Fsp3) is 0.214. The molecule has 8 heteroatoms. The number of sulfonamides is 1. The Bertz CT molecular complexity index is 835. The van der Waals surface area contributed by atoms with Crippen molar-refractivity contribution in [1.82, 2.24) is 4.41 Å². The second-order valence-electron chi connectivity index (χ2n) is 4.99. The van der Waals surface area contributed by atoms with Crippen LogP contribution in [0.1, 0.15) is 23.6 Å². The average molecular weight is 359 g/mol. The minimum atomic E-state index is -3.53. The zero-order valence-corrected chi connectivity index (χ0v) is 13.9. The van der Waals surface area contributed by atoms with E-state index in [1.807, 2.05) is 16.8 Å². The van der Waals surface area contributed by atoms with Crippen LogP contribution >= 0.6 is 22.9 Å². The third-order valence-electron chi connectivity index (χ3n) is 3.40. The highest BCUT2D eigenvalue weighted by atomic mass is 35.5. The van der Waals surface area contributed by atoms with Gasteiger partial charge in [0.25, 0.3) is 0 Å². The predicted molar refractivity (Wildman–Crippen MR) is 86.3 cm³/mol. The van der Waals surface area contributed by atoms with Gasteiger partial charge in [0.05, 0.1) is 23.0 Å². The predicted octanol–water partition coefficient (Wildman–Crippen LogP) is 3.65. The Labute approximate surface area is 136 Å². The lowest BCUT2D eigenvalue weighted by molar-refractivity contribution is 0.374. The van der Waals surface area contributed by atoms with E-state index >= 15 is 0 Å². The molecule has 1 atom stereocenters. The van der Waals surface area contributed by atoms with Crippen molar-refractivity contribution in [1.29, 1.82) is 0 Å². The monoisotopic (exact) mass is 358 g/mol. The van der Waals surface area contributed by atoms with Crippen LogP contribution in [-0.2, 0) is 10.0 Å². The van der Waals surface area contributed by atoms with E-state index in [9.17, 15) is 12.8 Å². The van der Waals surface area contributed by atoms with Crippen molar-refractivity contribution in [2.24, 2.45) is 5.10 Å². The van der Waals surface area contributed by atoms with Gasteiger partial charge in [-0.1, -0.05) is 17.7 Å². The Morgan fingerprint density at radius 3 is 2.77 bits per heavy atom. The molecule has 1 aromatic carbocycles. The first-order valence-corrected chi connectivity index (χ1v) is 9.57. The van der Waals surface area contributed by atoms with Gasteiger partial charge in [0.15, 0.2) is 0 Å². The summed E-state index contributed by atoms with van der Waals surface area (Å²) in [5.41, 5.74) is 2.21. The zero-order valence-electron chi connectivity index (χ0n) is 11.5. The highest BCUT2D eigenvalue weighted by Gasteiger charge is 2.34. The normalized spacial score (nSPS) is 18.6. The molecule has 0 unspecified atom stereocenters. The van der Waals surface area contributed by atoms with Crippen LogP contribution < -0.4 is 0 Å². The molecular weight excluding hydrogens is 347 g/mol. The summed E-state index contributed by atoms with van der Waals surface area (Å²) in [6, 6.07) is 5.61. The van der Waals surface area contributed by atoms with Gasteiger partial charge in [-0.3, -0.25) is 0 Å². The third-order valence-corrected chi connectivity index (χ3v) is 5.38. The summed E-state index contributed by atoms with van der Waals surface area (Å²) in [7, 11) is -3.53. The van der Waals surface area contributed by atoms with Gasteiger partial charge in [0.2, 0.25) is 10.0 Å². The lowest BCUT2D eigenvalue weighted by Gasteiger charge is -2.21. The fourth-order valence-corrected chi connectivity index (χ4v) is 4.12. The zero-order chi connectivity index (χ0) is 15.9. The number of halogens is 2. The van der Waals surface area contributed by atoms with E-state index in [0.717, 1.165) is 16.2 Å². The van der Waals surface area contributed by atoms with Crippen LogP contribution in [0.5, 0.6) is 0 Å². The van der Waals surface area contributed by atoms with Crippen LogP contribution in [0.4, 0.5) is 4.39 Å². The van der Waals surface area contributed by atoms with Gasteiger partial charge in [-0.15, -0.1) is 0 Å². The maximum atomic E-state index is 13.3. The summed E-state index contributed by atoms with van der Waals surface area (Å²) < 4.78 is 38.4.